The number of nitrogens with zero attached hydrogens (tertiary/aromatic N) is 4. The van der Waals surface area contributed by atoms with Crippen molar-refractivity contribution < 1.29 is 13.2 Å². The molecule has 3 aromatic rings. The number of fused-ring (bicyclic) bond motifs is 1. The minimum atomic E-state index is -2.65. The fraction of sp³-hybridized carbons (Fsp3) is 0.500. The van der Waals surface area contributed by atoms with Crippen LogP contribution in [-0.4, -0.2) is 44.3 Å². The highest BCUT2D eigenvalue weighted by Gasteiger charge is 2.36. The fourth-order valence-electron chi connectivity index (χ4n) is 4.88. The SMILES string of the molecule is CN1NCCC1c1ccc(F)cc1Cc1nc2c(cnn2C2CCC(F)(F)CC2)c(=O)[nH]1. The molecule has 2 aromatic heterocycles. The lowest BCUT2D eigenvalue weighted by Gasteiger charge is -2.28. The van der Waals surface area contributed by atoms with Crippen molar-refractivity contribution in [3.05, 3.63) is 57.5 Å². The van der Waals surface area contributed by atoms with E-state index in [1.807, 2.05) is 12.1 Å². The first-order valence-electron chi connectivity index (χ1n) is 10.9. The van der Waals surface area contributed by atoms with Gasteiger partial charge < -0.3 is 4.98 Å². The van der Waals surface area contributed by atoms with Gasteiger partial charge in [0.25, 0.3) is 5.56 Å². The van der Waals surface area contributed by atoms with Crippen LogP contribution in [0.4, 0.5) is 13.2 Å². The summed E-state index contributed by atoms with van der Waals surface area (Å²) in [6, 6.07) is 4.57. The maximum absolute atomic E-state index is 14.1. The molecule has 2 N–H and O–H groups in total. The third-order valence-electron chi connectivity index (χ3n) is 6.61. The summed E-state index contributed by atoms with van der Waals surface area (Å²) in [7, 11) is 1.95. The van der Waals surface area contributed by atoms with Crippen LogP contribution in [0.3, 0.4) is 0 Å². The van der Waals surface area contributed by atoms with E-state index in [2.05, 4.69) is 20.5 Å². The van der Waals surface area contributed by atoms with Crippen molar-refractivity contribution in [1.29, 1.82) is 0 Å². The van der Waals surface area contributed by atoms with Gasteiger partial charge in [-0.05, 0) is 42.5 Å². The molecule has 5 rings (SSSR count). The molecule has 0 spiro atoms. The van der Waals surface area contributed by atoms with Gasteiger partial charge >= 0.3 is 0 Å². The van der Waals surface area contributed by atoms with Gasteiger partial charge in [-0.25, -0.2) is 27.8 Å². The Morgan fingerprint density at radius 2 is 2.00 bits per heavy atom. The summed E-state index contributed by atoms with van der Waals surface area (Å²) >= 11 is 0. The largest absolute Gasteiger partial charge is 0.310 e. The van der Waals surface area contributed by atoms with Gasteiger partial charge in [-0.1, -0.05) is 6.07 Å². The zero-order chi connectivity index (χ0) is 22.5. The van der Waals surface area contributed by atoms with Gasteiger partial charge in [0.15, 0.2) is 5.65 Å². The first-order valence-corrected chi connectivity index (χ1v) is 10.9. The van der Waals surface area contributed by atoms with Crippen molar-refractivity contribution in [3.8, 4) is 0 Å². The Bertz CT molecular complexity index is 1200. The zero-order valence-electron chi connectivity index (χ0n) is 17.7. The predicted molar refractivity (Wildman–Crippen MR) is 113 cm³/mol. The lowest BCUT2D eigenvalue weighted by atomic mass is 9.92. The summed E-state index contributed by atoms with van der Waals surface area (Å²) in [4.78, 5) is 20.1. The average molecular weight is 446 g/mol. The second-order valence-corrected chi connectivity index (χ2v) is 8.77. The van der Waals surface area contributed by atoms with Crippen molar-refractivity contribution in [2.45, 2.75) is 56.5 Å². The number of benzene rings is 1. The van der Waals surface area contributed by atoms with Gasteiger partial charge in [-0.3, -0.25) is 10.2 Å². The van der Waals surface area contributed by atoms with Gasteiger partial charge in [-0.15, -0.1) is 0 Å². The van der Waals surface area contributed by atoms with Crippen LogP contribution < -0.4 is 11.0 Å². The Balaban J connectivity index is 1.50. The molecule has 170 valence electrons. The molecule has 3 heterocycles. The van der Waals surface area contributed by atoms with E-state index >= 15 is 0 Å². The normalized spacial score (nSPS) is 22.1. The molecular weight excluding hydrogens is 421 g/mol. The number of aromatic amines is 1. The van der Waals surface area contributed by atoms with Crippen LogP contribution in [0.2, 0.25) is 0 Å². The van der Waals surface area contributed by atoms with Gasteiger partial charge in [-0.2, -0.15) is 5.10 Å². The van der Waals surface area contributed by atoms with E-state index in [0.29, 0.717) is 16.9 Å². The van der Waals surface area contributed by atoms with Gasteiger partial charge in [0.2, 0.25) is 5.92 Å². The van der Waals surface area contributed by atoms with E-state index in [9.17, 15) is 18.0 Å². The maximum atomic E-state index is 14.1. The zero-order valence-corrected chi connectivity index (χ0v) is 17.7. The maximum Gasteiger partial charge on any atom is 0.262 e. The molecule has 0 radical (unpaired) electrons. The first-order chi connectivity index (χ1) is 15.3. The summed E-state index contributed by atoms with van der Waals surface area (Å²) in [6.07, 6.45) is 2.72. The molecule has 2 fully saturated rings. The van der Waals surface area contributed by atoms with Crippen LogP contribution in [0, 0.1) is 5.82 Å². The number of hydrazine groups is 1. The molecule has 0 amide bonds. The predicted octanol–water partition coefficient (Wildman–Crippen LogP) is 3.48. The second-order valence-electron chi connectivity index (χ2n) is 8.77. The molecule has 0 bridgehead atoms. The molecule has 7 nitrogen and oxygen atoms in total. The Morgan fingerprint density at radius 3 is 2.72 bits per heavy atom. The van der Waals surface area contributed by atoms with E-state index in [1.165, 1.54) is 18.3 Å². The molecule has 1 unspecified atom stereocenters. The summed E-state index contributed by atoms with van der Waals surface area (Å²) in [5, 5.41) is 6.62. The minimum absolute atomic E-state index is 0.0930. The minimum Gasteiger partial charge on any atom is -0.310 e. The quantitative estimate of drug-likeness (QED) is 0.642. The molecule has 1 saturated heterocycles. The smallest absolute Gasteiger partial charge is 0.262 e. The van der Waals surface area contributed by atoms with E-state index in [1.54, 1.807) is 10.7 Å². The van der Waals surface area contributed by atoms with Crippen LogP contribution in [0.15, 0.2) is 29.2 Å². The molecule has 1 atom stereocenters. The van der Waals surface area contributed by atoms with Crippen molar-refractivity contribution in [2.24, 2.45) is 0 Å². The number of nitrogens with one attached hydrogen (secondary N) is 2. The molecule has 1 aromatic carbocycles. The Hall–Kier alpha value is -2.72. The topological polar surface area (TPSA) is 78.8 Å². The van der Waals surface area contributed by atoms with Crippen molar-refractivity contribution in [3.63, 3.8) is 0 Å². The number of rotatable bonds is 4. The van der Waals surface area contributed by atoms with Gasteiger partial charge in [0, 0.05) is 32.9 Å². The first kappa shape index (κ1) is 21.1. The third kappa shape index (κ3) is 3.93. The van der Waals surface area contributed by atoms with E-state index in [-0.39, 0.29) is 55.6 Å². The average Bonchev–Trinajstić information content (AvgIpc) is 3.35. The molecule has 32 heavy (non-hydrogen) atoms. The third-order valence-corrected chi connectivity index (χ3v) is 6.61. The van der Waals surface area contributed by atoms with Gasteiger partial charge in [0.1, 0.15) is 17.0 Å². The molecule has 2 aliphatic rings. The summed E-state index contributed by atoms with van der Waals surface area (Å²) in [5.74, 6) is -2.61. The van der Waals surface area contributed by atoms with Crippen molar-refractivity contribution in [1.82, 2.24) is 30.2 Å². The standard InChI is InChI=1S/C22H25F3N6O/c1-30-18(6-9-26-30)16-3-2-14(23)10-13(16)11-19-28-20-17(21(32)29-19)12-27-31(20)15-4-7-22(24,25)8-5-15/h2-3,10,12,15,18,26H,4-9,11H2,1H3,(H,28,29,32). The number of H-pyrrole nitrogens is 1. The Morgan fingerprint density at radius 1 is 1.22 bits per heavy atom. The lowest BCUT2D eigenvalue weighted by Crippen LogP contribution is -2.28. The van der Waals surface area contributed by atoms with Crippen molar-refractivity contribution >= 4 is 11.0 Å². The van der Waals surface area contributed by atoms with Crippen LogP contribution in [0.5, 0.6) is 0 Å². The highest BCUT2D eigenvalue weighted by Crippen LogP contribution is 2.39. The summed E-state index contributed by atoms with van der Waals surface area (Å²) in [6.45, 7) is 0.832. The Kier molecular flexibility index (Phi) is 5.29. The van der Waals surface area contributed by atoms with Gasteiger partial charge in [0.05, 0.1) is 18.3 Å². The monoisotopic (exact) mass is 446 g/mol. The number of hydrogen-bond donors (Lipinski definition) is 2. The van der Waals surface area contributed by atoms with Crippen LogP contribution >= 0.6 is 0 Å². The molecule has 1 aliphatic carbocycles. The van der Waals surface area contributed by atoms with E-state index in [4.69, 9.17) is 0 Å². The summed E-state index contributed by atoms with van der Waals surface area (Å²) in [5.41, 5.74) is 5.03. The molecule has 1 aliphatic heterocycles. The number of aromatic nitrogens is 4. The number of alkyl halides is 2. The lowest BCUT2D eigenvalue weighted by molar-refractivity contribution is -0.0446. The number of halogens is 3. The van der Waals surface area contributed by atoms with Crippen LogP contribution in [-0.2, 0) is 6.42 Å². The molecule has 1 saturated carbocycles. The highest BCUT2D eigenvalue weighted by molar-refractivity contribution is 5.73. The highest BCUT2D eigenvalue weighted by atomic mass is 19.3. The summed E-state index contributed by atoms with van der Waals surface area (Å²) < 4.78 is 42.9. The van der Waals surface area contributed by atoms with Crippen LogP contribution in [0.1, 0.15) is 61.1 Å². The van der Waals surface area contributed by atoms with E-state index < -0.39 is 5.92 Å². The fourth-order valence-corrected chi connectivity index (χ4v) is 4.88. The number of hydrogen-bond acceptors (Lipinski definition) is 5. The van der Waals surface area contributed by atoms with Crippen molar-refractivity contribution in [2.75, 3.05) is 13.6 Å². The Labute approximate surface area is 182 Å². The van der Waals surface area contributed by atoms with Crippen LogP contribution in [0.25, 0.3) is 11.0 Å². The molecular formula is C22H25F3N6O. The van der Waals surface area contributed by atoms with E-state index in [0.717, 1.165) is 24.1 Å². The molecule has 10 heteroatoms. The second kappa shape index (κ2) is 8.00.